The Hall–Kier alpha value is -1.55. The predicted molar refractivity (Wildman–Crippen MR) is 64.6 cm³/mol. The standard InChI is InChI=1S/C12H12ClNO3/c1-8(15)11-7-14(12(16)6-13)9-4-2-3-5-10(9)17-11/h2-5,11H,6-7H2,1H3/t11-/m1/s1. The minimum atomic E-state index is -0.614. The largest absolute Gasteiger partial charge is 0.479 e. The van der Waals surface area contributed by atoms with Crippen LogP contribution in [0.1, 0.15) is 6.92 Å². The van der Waals surface area contributed by atoms with Crippen molar-refractivity contribution in [2.24, 2.45) is 0 Å². The van der Waals surface area contributed by atoms with Gasteiger partial charge in [0.05, 0.1) is 12.2 Å². The van der Waals surface area contributed by atoms with Crippen molar-refractivity contribution in [1.82, 2.24) is 0 Å². The van der Waals surface area contributed by atoms with E-state index in [9.17, 15) is 9.59 Å². The summed E-state index contributed by atoms with van der Waals surface area (Å²) in [4.78, 5) is 24.6. The molecule has 0 saturated heterocycles. The molecule has 90 valence electrons. The number of carbonyl (C=O) groups excluding carboxylic acids is 2. The Morgan fingerprint density at radius 1 is 1.47 bits per heavy atom. The average Bonchev–Trinajstić information content (AvgIpc) is 2.36. The second-order valence-electron chi connectivity index (χ2n) is 3.82. The number of amides is 1. The number of Topliss-reactive ketones (excluding diaryl/α,β-unsaturated/α-hetero) is 1. The number of alkyl halides is 1. The number of benzene rings is 1. The van der Waals surface area contributed by atoms with E-state index in [1.165, 1.54) is 11.8 Å². The van der Waals surface area contributed by atoms with E-state index >= 15 is 0 Å². The lowest BCUT2D eigenvalue weighted by molar-refractivity contribution is -0.124. The van der Waals surface area contributed by atoms with E-state index < -0.39 is 6.10 Å². The van der Waals surface area contributed by atoms with Crippen LogP contribution in [0.15, 0.2) is 24.3 Å². The molecule has 1 amide bonds. The number of nitrogens with zero attached hydrogens (tertiary/aromatic N) is 1. The van der Waals surface area contributed by atoms with Crippen molar-refractivity contribution in [3.8, 4) is 5.75 Å². The molecule has 0 fully saturated rings. The van der Waals surface area contributed by atoms with Gasteiger partial charge in [0.1, 0.15) is 11.6 Å². The zero-order chi connectivity index (χ0) is 12.4. The second-order valence-corrected chi connectivity index (χ2v) is 4.09. The molecule has 0 saturated carbocycles. The molecule has 0 bridgehead atoms. The molecule has 0 aromatic heterocycles. The first kappa shape index (κ1) is 11.9. The van der Waals surface area contributed by atoms with Crippen molar-refractivity contribution in [2.75, 3.05) is 17.3 Å². The van der Waals surface area contributed by atoms with Crippen LogP contribution < -0.4 is 9.64 Å². The Bertz CT molecular complexity index is 461. The maximum Gasteiger partial charge on any atom is 0.242 e. The molecule has 0 radical (unpaired) electrons. The third-order valence-corrected chi connectivity index (χ3v) is 2.87. The highest BCUT2D eigenvalue weighted by molar-refractivity contribution is 6.29. The Morgan fingerprint density at radius 2 is 2.18 bits per heavy atom. The van der Waals surface area contributed by atoms with E-state index in [4.69, 9.17) is 16.3 Å². The van der Waals surface area contributed by atoms with Crippen LogP contribution in [0.5, 0.6) is 5.75 Å². The fraction of sp³-hybridized carbons (Fsp3) is 0.333. The maximum atomic E-state index is 11.7. The number of rotatable bonds is 2. The molecule has 2 rings (SSSR count). The number of hydrogen-bond acceptors (Lipinski definition) is 3. The van der Waals surface area contributed by atoms with Gasteiger partial charge < -0.3 is 9.64 Å². The normalized spacial score (nSPS) is 18.2. The molecular formula is C12H12ClNO3. The Morgan fingerprint density at radius 3 is 2.82 bits per heavy atom. The monoisotopic (exact) mass is 253 g/mol. The zero-order valence-corrected chi connectivity index (χ0v) is 10.1. The first-order valence-electron chi connectivity index (χ1n) is 5.26. The molecule has 1 aromatic carbocycles. The van der Waals surface area contributed by atoms with Crippen molar-refractivity contribution >= 4 is 29.0 Å². The fourth-order valence-electron chi connectivity index (χ4n) is 1.75. The third-order valence-electron chi connectivity index (χ3n) is 2.64. The van der Waals surface area contributed by atoms with E-state index in [-0.39, 0.29) is 24.1 Å². The van der Waals surface area contributed by atoms with Gasteiger partial charge in [-0.3, -0.25) is 9.59 Å². The topological polar surface area (TPSA) is 46.6 Å². The average molecular weight is 254 g/mol. The number of ketones is 1. The van der Waals surface area contributed by atoms with Gasteiger partial charge in [-0.15, -0.1) is 11.6 Å². The van der Waals surface area contributed by atoms with Crippen LogP contribution in [0.3, 0.4) is 0 Å². The fourth-order valence-corrected chi connectivity index (χ4v) is 1.90. The lowest BCUT2D eigenvalue weighted by Gasteiger charge is -2.33. The number of hydrogen-bond donors (Lipinski definition) is 0. The van der Waals surface area contributed by atoms with Gasteiger partial charge in [0.15, 0.2) is 11.9 Å². The Labute approximate surface area is 104 Å². The lowest BCUT2D eigenvalue weighted by atomic mass is 10.1. The van der Waals surface area contributed by atoms with Gasteiger partial charge >= 0.3 is 0 Å². The predicted octanol–water partition coefficient (Wildman–Crippen LogP) is 1.61. The number of anilines is 1. The smallest absolute Gasteiger partial charge is 0.242 e. The molecule has 1 atom stereocenters. The quantitative estimate of drug-likeness (QED) is 0.753. The summed E-state index contributed by atoms with van der Waals surface area (Å²) in [5.41, 5.74) is 0.663. The molecule has 0 aliphatic carbocycles. The molecule has 5 heteroatoms. The highest BCUT2D eigenvalue weighted by Crippen LogP contribution is 2.33. The van der Waals surface area contributed by atoms with Crippen LogP contribution in [0, 0.1) is 0 Å². The Kier molecular flexibility index (Phi) is 3.33. The molecule has 1 aromatic rings. The molecule has 1 heterocycles. The number of fused-ring (bicyclic) bond motifs is 1. The van der Waals surface area contributed by atoms with Crippen molar-refractivity contribution in [2.45, 2.75) is 13.0 Å². The molecule has 1 aliphatic rings. The third kappa shape index (κ3) is 2.26. The number of para-hydroxylation sites is 2. The summed E-state index contributed by atoms with van der Waals surface area (Å²) < 4.78 is 5.53. The van der Waals surface area contributed by atoms with Crippen LogP contribution in [0.4, 0.5) is 5.69 Å². The summed E-state index contributed by atoms with van der Waals surface area (Å²) in [6, 6.07) is 7.12. The molecule has 0 unspecified atom stereocenters. The van der Waals surface area contributed by atoms with Gasteiger partial charge in [0.25, 0.3) is 0 Å². The Balaban J connectivity index is 2.39. The van der Waals surface area contributed by atoms with Crippen LogP contribution >= 0.6 is 11.6 Å². The van der Waals surface area contributed by atoms with Gasteiger partial charge in [-0.1, -0.05) is 12.1 Å². The first-order chi connectivity index (χ1) is 8.13. The highest BCUT2D eigenvalue weighted by atomic mass is 35.5. The molecule has 17 heavy (non-hydrogen) atoms. The summed E-state index contributed by atoms with van der Waals surface area (Å²) in [6.45, 7) is 1.67. The van der Waals surface area contributed by atoms with E-state index in [0.29, 0.717) is 11.4 Å². The lowest BCUT2D eigenvalue weighted by Crippen LogP contribution is -2.46. The molecular weight excluding hydrogens is 242 g/mol. The molecule has 0 spiro atoms. The highest BCUT2D eigenvalue weighted by Gasteiger charge is 2.31. The summed E-state index contributed by atoms with van der Waals surface area (Å²) in [5, 5.41) is 0. The number of ether oxygens (including phenoxy) is 1. The first-order valence-corrected chi connectivity index (χ1v) is 5.79. The minimum Gasteiger partial charge on any atom is -0.479 e. The van der Waals surface area contributed by atoms with Crippen LogP contribution in [0.2, 0.25) is 0 Å². The van der Waals surface area contributed by atoms with Gasteiger partial charge in [-0.2, -0.15) is 0 Å². The molecule has 0 N–H and O–H groups in total. The SMILES string of the molecule is CC(=O)[C@H]1CN(C(=O)CCl)c2ccccc2O1. The second kappa shape index (κ2) is 4.75. The van der Waals surface area contributed by atoms with Crippen LogP contribution in [0.25, 0.3) is 0 Å². The summed E-state index contributed by atoms with van der Waals surface area (Å²) in [7, 11) is 0. The summed E-state index contributed by atoms with van der Waals surface area (Å²) in [6.07, 6.45) is -0.614. The van der Waals surface area contributed by atoms with Gasteiger partial charge in [-0.05, 0) is 19.1 Å². The summed E-state index contributed by atoms with van der Waals surface area (Å²) >= 11 is 5.56. The minimum absolute atomic E-state index is 0.105. The zero-order valence-electron chi connectivity index (χ0n) is 9.35. The maximum absolute atomic E-state index is 11.7. The van der Waals surface area contributed by atoms with E-state index in [1.54, 1.807) is 18.2 Å². The van der Waals surface area contributed by atoms with E-state index in [2.05, 4.69) is 0 Å². The van der Waals surface area contributed by atoms with Crippen molar-refractivity contribution in [3.05, 3.63) is 24.3 Å². The number of halogens is 1. The van der Waals surface area contributed by atoms with Gasteiger partial charge in [0.2, 0.25) is 5.91 Å². The van der Waals surface area contributed by atoms with Crippen molar-refractivity contribution in [3.63, 3.8) is 0 Å². The van der Waals surface area contributed by atoms with E-state index in [1.807, 2.05) is 6.07 Å². The number of carbonyl (C=O) groups is 2. The van der Waals surface area contributed by atoms with Crippen LogP contribution in [-0.4, -0.2) is 30.2 Å². The summed E-state index contributed by atoms with van der Waals surface area (Å²) in [5.74, 6) is 0.0943. The van der Waals surface area contributed by atoms with Crippen molar-refractivity contribution < 1.29 is 14.3 Å². The molecule has 1 aliphatic heterocycles. The van der Waals surface area contributed by atoms with Crippen LogP contribution in [-0.2, 0) is 9.59 Å². The van der Waals surface area contributed by atoms with Crippen molar-refractivity contribution in [1.29, 1.82) is 0 Å². The molecule has 4 nitrogen and oxygen atoms in total. The van der Waals surface area contributed by atoms with Gasteiger partial charge in [-0.25, -0.2) is 0 Å². The van der Waals surface area contributed by atoms with Gasteiger partial charge in [0, 0.05) is 0 Å². The van der Waals surface area contributed by atoms with E-state index in [0.717, 1.165) is 0 Å².